The maximum atomic E-state index is 12.3. The van der Waals surface area contributed by atoms with Crippen molar-refractivity contribution in [2.24, 2.45) is 11.1 Å². The van der Waals surface area contributed by atoms with Crippen LogP contribution < -0.4 is 11.1 Å². The Bertz CT molecular complexity index is 443. The average Bonchev–Trinajstić information content (AvgIpc) is 2.87. The number of carbonyl (C=O) groups is 1. The number of carbonyl (C=O) groups excluding carboxylic acids is 1. The van der Waals surface area contributed by atoms with Crippen molar-refractivity contribution in [2.75, 3.05) is 13.2 Å². The Morgan fingerprint density at radius 1 is 1.61 bits per heavy atom. The molecule has 3 N–H and O–H groups in total. The third kappa shape index (κ3) is 2.28. The lowest BCUT2D eigenvalue weighted by Gasteiger charge is -2.27. The molecule has 2 rings (SSSR count). The third-order valence-corrected chi connectivity index (χ3v) is 3.57. The third-order valence-electron chi connectivity index (χ3n) is 3.57. The number of nitrogens with two attached hydrogens (primary N) is 1. The zero-order valence-electron chi connectivity index (χ0n) is 11.0. The Morgan fingerprint density at radius 3 is 2.83 bits per heavy atom. The Hall–Kier alpha value is -1.33. The minimum Gasteiger partial charge on any atom is -0.464 e. The van der Waals surface area contributed by atoms with Crippen LogP contribution >= 0.6 is 0 Å². The lowest BCUT2D eigenvalue weighted by atomic mass is 9.84. The lowest BCUT2D eigenvalue weighted by molar-refractivity contribution is -0.131. The summed E-state index contributed by atoms with van der Waals surface area (Å²) in [5.41, 5.74) is 5.27. The van der Waals surface area contributed by atoms with Crippen LogP contribution in [0, 0.1) is 12.3 Å². The minimum atomic E-state index is -0.657. The normalized spacial score (nSPS) is 29.2. The molecule has 1 fully saturated rings. The molecule has 1 aliphatic rings. The monoisotopic (exact) mass is 252 g/mol. The van der Waals surface area contributed by atoms with Crippen molar-refractivity contribution >= 4 is 5.91 Å². The molecule has 1 saturated heterocycles. The summed E-state index contributed by atoms with van der Waals surface area (Å²) in [6.07, 6.45) is 0. The largest absolute Gasteiger partial charge is 0.464 e. The van der Waals surface area contributed by atoms with E-state index in [2.05, 4.69) is 5.32 Å². The van der Waals surface area contributed by atoms with Gasteiger partial charge in [0.15, 0.2) is 0 Å². The van der Waals surface area contributed by atoms with E-state index in [-0.39, 0.29) is 18.0 Å². The molecule has 2 heterocycles. The molecule has 100 valence electrons. The fourth-order valence-corrected chi connectivity index (χ4v) is 2.04. The predicted molar refractivity (Wildman–Crippen MR) is 66.9 cm³/mol. The van der Waals surface area contributed by atoms with Gasteiger partial charge in [0.2, 0.25) is 5.91 Å². The van der Waals surface area contributed by atoms with Crippen LogP contribution in [0.4, 0.5) is 0 Å². The van der Waals surface area contributed by atoms with Gasteiger partial charge in [-0.3, -0.25) is 4.79 Å². The minimum absolute atomic E-state index is 0.0888. The molecule has 5 nitrogen and oxygen atoms in total. The highest BCUT2D eigenvalue weighted by Gasteiger charge is 2.44. The van der Waals surface area contributed by atoms with Crippen molar-refractivity contribution in [1.29, 1.82) is 0 Å². The number of aryl methyl sites for hydroxylation is 1. The number of nitrogens with one attached hydrogen (secondary N) is 1. The first-order chi connectivity index (χ1) is 8.43. The van der Waals surface area contributed by atoms with Crippen LogP contribution in [0.15, 0.2) is 16.5 Å². The van der Waals surface area contributed by atoms with Crippen molar-refractivity contribution in [3.63, 3.8) is 0 Å². The highest BCUT2D eigenvalue weighted by molar-refractivity contribution is 5.83. The van der Waals surface area contributed by atoms with Gasteiger partial charge in [0.25, 0.3) is 0 Å². The molecule has 1 aromatic heterocycles. The first-order valence-electron chi connectivity index (χ1n) is 6.14. The van der Waals surface area contributed by atoms with E-state index in [1.807, 2.05) is 32.9 Å². The van der Waals surface area contributed by atoms with Gasteiger partial charge in [-0.2, -0.15) is 0 Å². The maximum Gasteiger partial charge on any atom is 0.230 e. The molecule has 3 atom stereocenters. The summed E-state index contributed by atoms with van der Waals surface area (Å²) in [5.74, 6) is 1.49. The molecule has 3 unspecified atom stereocenters. The summed E-state index contributed by atoms with van der Waals surface area (Å²) >= 11 is 0. The highest BCUT2D eigenvalue weighted by atomic mass is 16.5. The average molecular weight is 252 g/mol. The molecule has 1 aliphatic heterocycles. The Kier molecular flexibility index (Phi) is 3.45. The molecule has 0 saturated carbocycles. The van der Waals surface area contributed by atoms with E-state index in [1.54, 1.807) is 0 Å². The van der Waals surface area contributed by atoms with Crippen molar-refractivity contribution < 1.29 is 13.9 Å². The lowest BCUT2D eigenvalue weighted by Crippen LogP contribution is -2.50. The smallest absolute Gasteiger partial charge is 0.230 e. The summed E-state index contributed by atoms with van der Waals surface area (Å²) in [6.45, 7) is 6.39. The van der Waals surface area contributed by atoms with Gasteiger partial charge >= 0.3 is 0 Å². The molecule has 1 amide bonds. The summed E-state index contributed by atoms with van der Waals surface area (Å²) in [4.78, 5) is 12.3. The van der Waals surface area contributed by atoms with Gasteiger partial charge in [-0.15, -0.1) is 0 Å². The standard InChI is InChI=1S/C13H20N2O3/c1-8-4-5-10(18-8)9(2)15-12(16)13(3)7-17-6-11(13)14/h4-5,9,11H,6-7,14H2,1-3H3,(H,15,16). The van der Waals surface area contributed by atoms with E-state index in [1.165, 1.54) is 0 Å². The van der Waals surface area contributed by atoms with Crippen LogP contribution in [0.25, 0.3) is 0 Å². The second-order valence-corrected chi connectivity index (χ2v) is 5.18. The van der Waals surface area contributed by atoms with Crippen LogP contribution in [0.2, 0.25) is 0 Å². The number of rotatable bonds is 3. The zero-order chi connectivity index (χ0) is 13.3. The van der Waals surface area contributed by atoms with Crippen molar-refractivity contribution in [3.8, 4) is 0 Å². The molecular formula is C13H20N2O3. The quantitative estimate of drug-likeness (QED) is 0.845. The topological polar surface area (TPSA) is 77.5 Å². The first-order valence-corrected chi connectivity index (χ1v) is 6.14. The van der Waals surface area contributed by atoms with Crippen LogP contribution in [0.5, 0.6) is 0 Å². The van der Waals surface area contributed by atoms with Crippen LogP contribution in [0.1, 0.15) is 31.4 Å². The second kappa shape index (κ2) is 4.74. The fraction of sp³-hybridized carbons (Fsp3) is 0.615. The summed E-state index contributed by atoms with van der Waals surface area (Å²) < 4.78 is 10.8. The molecule has 0 aliphatic carbocycles. The zero-order valence-corrected chi connectivity index (χ0v) is 11.0. The van der Waals surface area contributed by atoms with E-state index >= 15 is 0 Å². The highest BCUT2D eigenvalue weighted by Crippen LogP contribution is 2.28. The second-order valence-electron chi connectivity index (χ2n) is 5.18. The molecule has 0 bridgehead atoms. The van der Waals surface area contributed by atoms with Crippen LogP contribution in [0.3, 0.4) is 0 Å². The van der Waals surface area contributed by atoms with Gasteiger partial charge in [-0.1, -0.05) is 0 Å². The Balaban J connectivity index is 2.03. The summed E-state index contributed by atoms with van der Waals surface area (Å²) in [7, 11) is 0. The van der Waals surface area contributed by atoms with Crippen LogP contribution in [-0.2, 0) is 9.53 Å². The van der Waals surface area contributed by atoms with Gasteiger partial charge in [0.05, 0.1) is 24.7 Å². The van der Waals surface area contributed by atoms with E-state index < -0.39 is 5.41 Å². The molecular weight excluding hydrogens is 232 g/mol. The maximum absolute atomic E-state index is 12.3. The predicted octanol–water partition coefficient (Wildman–Crippen LogP) is 1.13. The first kappa shape index (κ1) is 13.1. The van der Waals surface area contributed by atoms with Gasteiger partial charge in [-0.05, 0) is 32.9 Å². The fourth-order valence-electron chi connectivity index (χ4n) is 2.04. The SMILES string of the molecule is Cc1ccc(C(C)NC(=O)C2(C)COCC2N)o1. The van der Waals surface area contributed by atoms with Gasteiger partial charge in [0, 0.05) is 6.04 Å². The Labute approximate surface area is 107 Å². The van der Waals surface area contributed by atoms with E-state index in [0.717, 1.165) is 11.5 Å². The molecule has 1 aromatic rings. The number of amides is 1. The molecule has 0 radical (unpaired) electrons. The summed E-state index contributed by atoms with van der Waals surface area (Å²) in [6, 6.07) is 3.32. The Morgan fingerprint density at radius 2 is 2.33 bits per heavy atom. The molecule has 0 aromatic carbocycles. The molecule has 5 heteroatoms. The van der Waals surface area contributed by atoms with E-state index in [9.17, 15) is 4.79 Å². The van der Waals surface area contributed by atoms with Crippen molar-refractivity contribution in [1.82, 2.24) is 5.32 Å². The van der Waals surface area contributed by atoms with Crippen LogP contribution in [-0.4, -0.2) is 25.2 Å². The molecule has 0 spiro atoms. The number of furan rings is 1. The van der Waals surface area contributed by atoms with Gasteiger partial charge in [0.1, 0.15) is 11.5 Å². The number of ether oxygens (including phenoxy) is 1. The van der Waals surface area contributed by atoms with E-state index in [4.69, 9.17) is 14.9 Å². The summed E-state index contributed by atoms with van der Waals surface area (Å²) in [5, 5.41) is 2.93. The van der Waals surface area contributed by atoms with Gasteiger partial charge < -0.3 is 20.2 Å². The number of hydrogen-bond donors (Lipinski definition) is 2. The van der Waals surface area contributed by atoms with Crippen molar-refractivity contribution in [3.05, 3.63) is 23.7 Å². The molecule has 18 heavy (non-hydrogen) atoms. The number of hydrogen-bond acceptors (Lipinski definition) is 4. The van der Waals surface area contributed by atoms with Crippen molar-refractivity contribution in [2.45, 2.75) is 32.9 Å². The van der Waals surface area contributed by atoms with E-state index in [0.29, 0.717) is 13.2 Å². The van der Waals surface area contributed by atoms with Gasteiger partial charge in [-0.25, -0.2) is 0 Å².